The minimum atomic E-state index is -4.51. The number of anilines is 2. The van der Waals surface area contributed by atoms with Crippen molar-refractivity contribution in [2.45, 2.75) is 18.5 Å². The van der Waals surface area contributed by atoms with Crippen LogP contribution in [0.15, 0.2) is 60.7 Å². The largest absolute Gasteiger partial charge is 0.416 e. The molecule has 2 N–H and O–H groups in total. The Morgan fingerprint density at radius 3 is 2.29 bits per heavy atom. The first-order chi connectivity index (χ1) is 16.0. The third kappa shape index (κ3) is 5.00. The number of alkyl halides is 3. The monoisotopic (exact) mass is 529 g/mol. The smallest absolute Gasteiger partial charge is 0.322 e. The lowest BCUT2D eigenvalue weighted by atomic mass is 10.1. The Balaban J connectivity index is 1.56. The zero-order valence-electron chi connectivity index (χ0n) is 17.2. The van der Waals surface area contributed by atoms with Crippen LogP contribution in [-0.4, -0.2) is 14.3 Å². The number of carbonyl (C=O) groups excluding carboxylic acids is 1. The fourth-order valence-electron chi connectivity index (χ4n) is 3.44. The lowest BCUT2D eigenvalue weighted by Gasteiger charge is -2.20. The van der Waals surface area contributed by atoms with Crippen molar-refractivity contribution in [3.05, 3.63) is 93.0 Å². The number of rotatable bonds is 5. The summed E-state index contributed by atoms with van der Waals surface area (Å²) in [4.78, 5) is 12.7. The van der Waals surface area contributed by atoms with Gasteiger partial charge in [-0.25, -0.2) is 18.3 Å². The quantitative estimate of drug-likeness (QED) is 0.449. The lowest BCUT2D eigenvalue weighted by Crippen LogP contribution is -2.38. The maximum atomic E-state index is 13.0. The molecule has 4 rings (SSSR count). The van der Waals surface area contributed by atoms with E-state index in [2.05, 4.69) is 10.7 Å². The van der Waals surface area contributed by atoms with E-state index in [-0.39, 0.29) is 33.4 Å². The molecule has 178 valence electrons. The van der Waals surface area contributed by atoms with Gasteiger partial charge in [-0.2, -0.15) is 13.2 Å². The fraction of sp³-hybridized carbons (Fsp3) is 0.136. The number of carbonyl (C=O) groups is 1. The highest BCUT2D eigenvalue weighted by atomic mass is 35.5. The van der Waals surface area contributed by atoms with Gasteiger partial charge in [-0.1, -0.05) is 47.5 Å². The van der Waals surface area contributed by atoms with E-state index in [9.17, 15) is 26.4 Å². The Kier molecular flexibility index (Phi) is 6.52. The van der Waals surface area contributed by atoms with Crippen LogP contribution in [0.3, 0.4) is 0 Å². The van der Waals surface area contributed by atoms with E-state index in [0.717, 1.165) is 28.7 Å². The Morgan fingerprint density at radius 2 is 1.68 bits per heavy atom. The number of amides is 1. The standard InChI is InChI=1S/C22H16Cl2F3N3O3S/c23-17-2-1-3-18(24)20(17)21(31)29-16-9-6-14-11-28-30(19(14)10-16)34(32,33)12-13-4-7-15(8-5-13)22(25,26)27/h1-10,28H,11-12H2,(H,29,31). The first kappa shape index (κ1) is 24.3. The van der Waals surface area contributed by atoms with Crippen LogP contribution < -0.4 is 15.2 Å². The molecular weight excluding hydrogens is 514 g/mol. The maximum absolute atomic E-state index is 13.0. The van der Waals surface area contributed by atoms with E-state index in [1.54, 1.807) is 18.2 Å². The van der Waals surface area contributed by atoms with Crippen molar-refractivity contribution in [1.29, 1.82) is 0 Å². The number of hydrogen-bond acceptors (Lipinski definition) is 4. The van der Waals surface area contributed by atoms with Gasteiger partial charge in [0.2, 0.25) is 0 Å². The molecule has 0 bridgehead atoms. The Hall–Kier alpha value is -2.79. The number of nitrogens with one attached hydrogen (secondary N) is 2. The van der Waals surface area contributed by atoms with Gasteiger partial charge in [0.25, 0.3) is 15.9 Å². The molecule has 3 aromatic carbocycles. The average molecular weight is 530 g/mol. The van der Waals surface area contributed by atoms with E-state index in [1.807, 2.05) is 0 Å². The second-order valence-corrected chi connectivity index (χ2v) is 10.1. The lowest BCUT2D eigenvalue weighted by molar-refractivity contribution is -0.137. The van der Waals surface area contributed by atoms with Crippen LogP contribution in [0.4, 0.5) is 24.5 Å². The molecule has 1 heterocycles. The molecule has 1 aliphatic rings. The highest BCUT2D eigenvalue weighted by molar-refractivity contribution is 7.92. The summed E-state index contributed by atoms with van der Waals surface area (Å²) in [6.07, 6.45) is -4.51. The Bertz CT molecular complexity index is 1340. The zero-order chi connectivity index (χ0) is 24.7. The van der Waals surface area contributed by atoms with Crippen LogP contribution in [0.2, 0.25) is 10.0 Å². The molecule has 0 spiro atoms. The summed E-state index contributed by atoms with van der Waals surface area (Å²) in [5.41, 5.74) is 3.42. The Morgan fingerprint density at radius 1 is 1.03 bits per heavy atom. The predicted molar refractivity (Wildman–Crippen MR) is 124 cm³/mol. The maximum Gasteiger partial charge on any atom is 0.416 e. The van der Waals surface area contributed by atoms with Gasteiger partial charge in [0.1, 0.15) is 0 Å². The fourth-order valence-corrected chi connectivity index (χ4v) is 5.49. The molecule has 0 saturated carbocycles. The highest BCUT2D eigenvalue weighted by Crippen LogP contribution is 2.33. The van der Waals surface area contributed by atoms with Crippen molar-refractivity contribution in [2.24, 2.45) is 0 Å². The summed E-state index contributed by atoms with van der Waals surface area (Å²) in [5.74, 6) is -1.09. The van der Waals surface area contributed by atoms with E-state index in [0.29, 0.717) is 11.3 Å². The van der Waals surface area contributed by atoms with Gasteiger partial charge < -0.3 is 5.32 Å². The van der Waals surface area contributed by atoms with Crippen molar-refractivity contribution < 1.29 is 26.4 Å². The molecule has 0 fully saturated rings. The molecule has 1 aliphatic heterocycles. The summed E-state index contributed by atoms with van der Waals surface area (Å²) >= 11 is 12.1. The normalized spacial score (nSPS) is 13.6. The van der Waals surface area contributed by atoms with Gasteiger partial charge >= 0.3 is 6.18 Å². The van der Waals surface area contributed by atoms with Gasteiger partial charge in [0, 0.05) is 12.2 Å². The average Bonchev–Trinajstić information content (AvgIpc) is 3.17. The van der Waals surface area contributed by atoms with Gasteiger partial charge in [0.15, 0.2) is 0 Å². The van der Waals surface area contributed by atoms with Gasteiger partial charge in [-0.3, -0.25) is 4.79 Å². The van der Waals surface area contributed by atoms with Gasteiger partial charge in [-0.15, -0.1) is 0 Å². The summed E-state index contributed by atoms with van der Waals surface area (Å²) in [7, 11) is -4.00. The molecule has 0 saturated heterocycles. The van der Waals surface area contributed by atoms with Gasteiger partial charge in [-0.05, 0) is 47.5 Å². The van der Waals surface area contributed by atoms with Crippen LogP contribution in [0.25, 0.3) is 0 Å². The molecule has 3 aromatic rings. The van der Waals surface area contributed by atoms with Crippen molar-refractivity contribution >= 4 is 50.5 Å². The van der Waals surface area contributed by atoms with E-state index < -0.39 is 33.4 Å². The number of benzene rings is 3. The molecule has 6 nitrogen and oxygen atoms in total. The molecule has 12 heteroatoms. The van der Waals surface area contributed by atoms with Crippen molar-refractivity contribution in [1.82, 2.24) is 5.43 Å². The van der Waals surface area contributed by atoms with E-state index in [4.69, 9.17) is 23.2 Å². The van der Waals surface area contributed by atoms with Crippen LogP contribution in [0.5, 0.6) is 0 Å². The van der Waals surface area contributed by atoms with Crippen molar-refractivity contribution in [2.75, 3.05) is 9.73 Å². The highest BCUT2D eigenvalue weighted by Gasteiger charge is 2.32. The number of hydrogen-bond donors (Lipinski definition) is 2. The molecule has 0 aliphatic carbocycles. The van der Waals surface area contributed by atoms with Crippen LogP contribution in [0, 0.1) is 0 Å². The second kappa shape index (κ2) is 9.10. The molecular formula is C22H16Cl2F3N3O3S. The molecule has 1 amide bonds. The van der Waals surface area contributed by atoms with Gasteiger partial charge in [0.05, 0.1) is 32.6 Å². The van der Waals surface area contributed by atoms with Crippen LogP contribution in [0.1, 0.15) is 27.0 Å². The van der Waals surface area contributed by atoms with E-state index in [1.165, 1.54) is 18.2 Å². The molecule has 0 atom stereocenters. The second-order valence-electron chi connectivity index (χ2n) is 7.44. The van der Waals surface area contributed by atoms with Crippen LogP contribution in [-0.2, 0) is 28.5 Å². The number of halogens is 5. The van der Waals surface area contributed by atoms with Crippen molar-refractivity contribution in [3.63, 3.8) is 0 Å². The minimum Gasteiger partial charge on any atom is -0.322 e. The minimum absolute atomic E-state index is 0.0799. The Labute approximate surface area is 203 Å². The third-order valence-electron chi connectivity index (χ3n) is 5.07. The molecule has 0 radical (unpaired) electrons. The molecule has 0 unspecified atom stereocenters. The summed E-state index contributed by atoms with van der Waals surface area (Å²) in [6.45, 7) is 0.214. The van der Waals surface area contributed by atoms with E-state index >= 15 is 0 Å². The molecule has 34 heavy (non-hydrogen) atoms. The van der Waals surface area contributed by atoms with Crippen molar-refractivity contribution in [3.8, 4) is 0 Å². The summed E-state index contributed by atoms with van der Waals surface area (Å²) in [5, 5.41) is 2.97. The third-order valence-corrected chi connectivity index (χ3v) is 7.28. The summed E-state index contributed by atoms with van der Waals surface area (Å²) < 4.78 is 65.3. The summed E-state index contributed by atoms with van der Waals surface area (Å²) in [6, 6.07) is 13.3. The number of hydrazine groups is 1. The first-order valence-electron chi connectivity index (χ1n) is 9.76. The predicted octanol–water partition coefficient (Wildman–Crippen LogP) is 5.62. The number of sulfonamides is 1. The number of fused-ring (bicyclic) bond motifs is 1. The number of nitrogens with zero attached hydrogens (tertiary/aromatic N) is 1. The zero-order valence-corrected chi connectivity index (χ0v) is 19.5. The molecule has 0 aromatic heterocycles. The van der Waals surface area contributed by atoms with Crippen LogP contribution >= 0.6 is 23.2 Å². The topological polar surface area (TPSA) is 78.5 Å². The SMILES string of the molecule is O=C(Nc1ccc2c(c1)N(S(=O)(=O)Cc1ccc(C(F)(F)F)cc1)NC2)c1c(Cl)cccc1Cl. The first-order valence-corrected chi connectivity index (χ1v) is 12.1.